The molecule has 0 nitrogen and oxygen atoms in total. The molecule has 0 aliphatic heterocycles. The van der Waals surface area contributed by atoms with Gasteiger partial charge < -0.3 is 0 Å². The minimum atomic E-state index is -0.0795. The van der Waals surface area contributed by atoms with Crippen LogP contribution < -0.4 is 0 Å². The third-order valence-electron chi connectivity index (χ3n) is 10.9. The van der Waals surface area contributed by atoms with Gasteiger partial charge in [0, 0.05) is 10.8 Å². The summed E-state index contributed by atoms with van der Waals surface area (Å²) in [6, 6.07) is 29.2. The third-order valence-corrected chi connectivity index (χ3v) is 10.9. The van der Waals surface area contributed by atoms with Crippen molar-refractivity contribution in [1.82, 2.24) is 0 Å². The van der Waals surface area contributed by atoms with E-state index in [9.17, 15) is 0 Å². The summed E-state index contributed by atoms with van der Waals surface area (Å²) in [5.41, 5.74) is 14.3. The second kappa shape index (κ2) is 7.65. The number of benzene rings is 6. The average molecular weight is 547 g/mol. The molecule has 42 heavy (non-hydrogen) atoms. The molecule has 0 aromatic heterocycles. The molecule has 6 aromatic carbocycles. The van der Waals surface area contributed by atoms with E-state index in [0.29, 0.717) is 0 Å². The second-order valence-corrected chi connectivity index (χ2v) is 16.3. The van der Waals surface area contributed by atoms with Crippen molar-refractivity contribution in [2.75, 3.05) is 0 Å². The number of fused-ring (bicyclic) bond motifs is 4. The topological polar surface area (TPSA) is 0 Å². The lowest BCUT2D eigenvalue weighted by molar-refractivity contribution is 0.582. The molecule has 0 saturated heterocycles. The molecule has 0 N–H and O–H groups in total. The maximum atomic E-state index is 2.50. The van der Waals surface area contributed by atoms with Gasteiger partial charge in [0.25, 0.3) is 0 Å². The van der Waals surface area contributed by atoms with Gasteiger partial charge in [-0.05, 0) is 111 Å². The average Bonchev–Trinajstić information content (AvgIpc) is 2.92. The number of hydrogen-bond donors (Lipinski definition) is 0. The summed E-state index contributed by atoms with van der Waals surface area (Å²) in [5, 5.41) is 8.52. The Labute approximate surface area is 251 Å². The molecule has 0 radical (unpaired) electrons. The van der Waals surface area contributed by atoms with E-state index >= 15 is 0 Å². The minimum absolute atomic E-state index is 0.0795. The summed E-state index contributed by atoms with van der Waals surface area (Å²) in [6.07, 6.45) is 0. The van der Waals surface area contributed by atoms with Crippen molar-refractivity contribution in [3.63, 3.8) is 0 Å². The second-order valence-electron chi connectivity index (χ2n) is 16.3. The van der Waals surface area contributed by atoms with Crippen molar-refractivity contribution in [3.05, 3.63) is 106 Å². The minimum Gasteiger partial charge on any atom is -0.0579 e. The standard InChI is InChI=1S/C42H42/c1-39(2,3)25-13-15-27-29-19-23-12-18-32-38-30(28-16-14-26(40(4,5)6)22-34(28)42(32,9)10)20-24-11-17-31(37(29)35(24)36(23)38)41(7,8)33(27)21-25/h11-22H,1-10H3. The fourth-order valence-electron chi connectivity index (χ4n) is 8.31. The molecule has 0 heterocycles. The number of hydrogen-bond acceptors (Lipinski definition) is 0. The van der Waals surface area contributed by atoms with Gasteiger partial charge in [0.2, 0.25) is 0 Å². The van der Waals surface area contributed by atoms with Crippen LogP contribution in [0.15, 0.2) is 72.8 Å². The Bertz CT molecular complexity index is 1980. The summed E-state index contributed by atoms with van der Waals surface area (Å²) in [5.74, 6) is 0. The Balaban J connectivity index is 1.52. The van der Waals surface area contributed by atoms with Gasteiger partial charge in [0.15, 0.2) is 0 Å². The molecule has 0 heteroatoms. The fraction of sp³-hybridized carbons (Fsp3) is 0.333. The van der Waals surface area contributed by atoms with Crippen LogP contribution in [0.5, 0.6) is 0 Å². The molecule has 0 atom stereocenters. The van der Waals surface area contributed by atoms with E-state index in [1.807, 2.05) is 0 Å². The maximum absolute atomic E-state index is 2.50. The van der Waals surface area contributed by atoms with Gasteiger partial charge in [-0.3, -0.25) is 0 Å². The highest BCUT2D eigenvalue weighted by atomic mass is 14.4. The highest BCUT2D eigenvalue weighted by molar-refractivity contribution is 6.31. The summed E-state index contributed by atoms with van der Waals surface area (Å²) >= 11 is 0. The van der Waals surface area contributed by atoms with Crippen LogP contribution in [0.1, 0.15) is 103 Å². The molecule has 210 valence electrons. The monoisotopic (exact) mass is 546 g/mol. The molecule has 0 amide bonds. The molecule has 0 fully saturated rings. The Morgan fingerprint density at radius 2 is 0.762 bits per heavy atom. The highest BCUT2D eigenvalue weighted by Crippen LogP contribution is 2.57. The van der Waals surface area contributed by atoms with Gasteiger partial charge in [0.1, 0.15) is 0 Å². The molecule has 0 saturated carbocycles. The molecular weight excluding hydrogens is 504 g/mol. The Morgan fingerprint density at radius 1 is 0.381 bits per heavy atom. The van der Waals surface area contributed by atoms with Crippen LogP contribution in [0, 0.1) is 0 Å². The van der Waals surface area contributed by atoms with E-state index in [0.717, 1.165) is 0 Å². The van der Waals surface area contributed by atoms with E-state index in [-0.39, 0.29) is 21.7 Å². The van der Waals surface area contributed by atoms with Crippen molar-refractivity contribution in [2.45, 2.75) is 90.9 Å². The first-order valence-corrected chi connectivity index (χ1v) is 15.7. The Kier molecular flexibility index (Phi) is 4.74. The van der Waals surface area contributed by atoms with Crippen LogP contribution in [0.3, 0.4) is 0 Å². The third kappa shape index (κ3) is 3.14. The van der Waals surface area contributed by atoms with Gasteiger partial charge in [-0.1, -0.05) is 130 Å². The molecule has 8 rings (SSSR count). The van der Waals surface area contributed by atoms with E-state index in [4.69, 9.17) is 0 Å². The zero-order valence-electron chi connectivity index (χ0n) is 26.9. The van der Waals surface area contributed by atoms with E-state index in [2.05, 4.69) is 142 Å². The van der Waals surface area contributed by atoms with Crippen molar-refractivity contribution >= 4 is 32.3 Å². The predicted molar refractivity (Wildman–Crippen MR) is 183 cm³/mol. The summed E-state index contributed by atoms with van der Waals surface area (Å²) in [6.45, 7) is 23.6. The lowest BCUT2D eigenvalue weighted by Gasteiger charge is -2.39. The Morgan fingerprint density at radius 3 is 1.12 bits per heavy atom. The highest BCUT2D eigenvalue weighted by Gasteiger charge is 2.39. The molecule has 6 aromatic rings. The maximum Gasteiger partial charge on any atom is 0.0159 e. The lowest BCUT2D eigenvalue weighted by Crippen LogP contribution is -2.26. The summed E-state index contributed by atoms with van der Waals surface area (Å²) in [4.78, 5) is 0. The van der Waals surface area contributed by atoms with Crippen LogP contribution in [0.2, 0.25) is 0 Å². The quantitative estimate of drug-likeness (QED) is 0.166. The first-order valence-electron chi connectivity index (χ1n) is 15.7. The molecule has 2 aliphatic carbocycles. The van der Waals surface area contributed by atoms with Gasteiger partial charge in [-0.15, -0.1) is 0 Å². The summed E-state index contributed by atoms with van der Waals surface area (Å²) < 4.78 is 0. The molecule has 0 bridgehead atoms. The van der Waals surface area contributed by atoms with Crippen molar-refractivity contribution < 1.29 is 0 Å². The van der Waals surface area contributed by atoms with Gasteiger partial charge in [-0.25, -0.2) is 0 Å². The molecular formula is C42H42. The van der Waals surface area contributed by atoms with Crippen molar-refractivity contribution in [1.29, 1.82) is 0 Å². The van der Waals surface area contributed by atoms with Crippen LogP contribution in [-0.2, 0) is 21.7 Å². The molecule has 0 spiro atoms. The molecule has 0 unspecified atom stereocenters. The number of rotatable bonds is 0. The Hall–Kier alpha value is -3.64. The van der Waals surface area contributed by atoms with E-state index in [1.54, 1.807) is 0 Å². The van der Waals surface area contributed by atoms with Gasteiger partial charge in [-0.2, -0.15) is 0 Å². The van der Waals surface area contributed by atoms with E-state index in [1.165, 1.54) is 88.0 Å². The van der Waals surface area contributed by atoms with E-state index < -0.39 is 0 Å². The predicted octanol–water partition coefficient (Wildman–Crippen LogP) is 11.8. The molecule has 2 aliphatic rings. The van der Waals surface area contributed by atoms with Crippen molar-refractivity contribution in [2.24, 2.45) is 0 Å². The summed E-state index contributed by atoms with van der Waals surface area (Å²) in [7, 11) is 0. The zero-order valence-corrected chi connectivity index (χ0v) is 26.9. The fourth-order valence-corrected chi connectivity index (χ4v) is 8.31. The largest absolute Gasteiger partial charge is 0.0579 e. The van der Waals surface area contributed by atoms with Crippen LogP contribution in [-0.4, -0.2) is 0 Å². The smallest absolute Gasteiger partial charge is 0.0159 e. The SMILES string of the molecule is CC(C)(C)c1ccc2c(c1)C(C)(C)c1ccc3cc4c5c(ccc6cc-2c1c3c65)C(C)(C)c1cc(C(C)(C)C)ccc1-4. The van der Waals surface area contributed by atoms with Gasteiger partial charge in [0.05, 0.1) is 0 Å². The van der Waals surface area contributed by atoms with Gasteiger partial charge >= 0.3 is 0 Å². The first kappa shape index (κ1) is 26.0. The van der Waals surface area contributed by atoms with Crippen molar-refractivity contribution in [3.8, 4) is 22.3 Å². The normalized spacial score (nSPS) is 16.7. The van der Waals surface area contributed by atoms with Crippen LogP contribution in [0.25, 0.3) is 54.6 Å². The first-order chi connectivity index (χ1) is 19.6. The van der Waals surface area contributed by atoms with Crippen LogP contribution in [0.4, 0.5) is 0 Å². The zero-order chi connectivity index (χ0) is 29.7. The lowest BCUT2D eigenvalue weighted by atomic mass is 9.64. The van der Waals surface area contributed by atoms with Crippen LogP contribution >= 0.6 is 0 Å².